The molecule has 16 nitrogen and oxygen atoms in total. The largest absolute Gasteiger partial charge is 0.492 e. The Kier molecular flexibility index (Phi) is 17.8. The number of carbonyl (C=O) groups is 4. The maximum atomic E-state index is 14.7. The van der Waals surface area contributed by atoms with Gasteiger partial charge < -0.3 is 52.6 Å². The highest BCUT2D eigenvalue weighted by Crippen LogP contribution is 2.40. The first kappa shape index (κ1) is 48.0. The molecule has 1 aliphatic rings. The summed E-state index contributed by atoms with van der Waals surface area (Å²) in [5.41, 5.74) is 21.7. The number of ether oxygens (including phenoxy) is 2. The van der Waals surface area contributed by atoms with Gasteiger partial charge in [0.05, 0.1) is 18.2 Å². The van der Waals surface area contributed by atoms with Crippen molar-refractivity contribution >= 4 is 35.2 Å². The van der Waals surface area contributed by atoms with Crippen LogP contribution < -0.4 is 47.9 Å². The fourth-order valence-electron chi connectivity index (χ4n) is 7.25. The lowest BCUT2D eigenvalue weighted by Crippen LogP contribution is -2.57. The van der Waals surface area contributed by atoms with E-state index in [2.05, 4.69) is 21.3 Å². The van der Waals surface area contributed by atoms with E-state index in [-0.39, 0.29) is 45.7 Å². The lowest BCUT2D eigenvalue weighted by Gasteiger charge is -2.34. The second-order valence-corrected chi connectivity index (χ2v) is 15.6. The van der Waals surface area contributed by atoms with Gasteiger partial charge in [0.25, 0.3) is 5.91 Å². The molecular weight excluding hydrogens is 826 g/mol. The Hall–Kier alpha value is -6.06. The summed E-state index contributed by atoms with van der Waals surface area (Å²) >= 11 is 6.07. The van der Waals surface area contributed by atoms with Crippen LogP contribution in [0.5, 0.6) is 11.5 Å². The standard InChI is InChI=1S/C46H56ClN9O7/c1-28-42(57)55-38(44(59)52-22-19-49)26-29-6-16-39(62-23-20-50)35(25-29)36-27-33(13-17-40(36)63-24-21-51)41(45(60)53-28)56(2)46(61)37(5-3-4-18-48)54-43(58)32-9-7-30(8-10-32)31-11-14-34(47)15-12-31/h6-17,25,27-28,37-38,41-42,55,57H,3-5,18,20-24,26,48,50-51H2,1-2H3,(H,52,59)(H,53,60)(H,54,58). The highest BCUT2D eigenvalue weighted by molar-refractivity contribution is 6.30. The van der Waals surface area contributed by atoms with Crippen molar-refractivity contribution in [1.29, 1.82) is 5.26 Å². The molecule has 63 heavy (non-hydrogen) atoms. The third-order valence-electron chi connectivity index (χ3n) is 10.6. The van der Waals surface area contributed by atoms with E-state index in [1.165, 1.54) is 11.9 Å². The van der Waals surface area contributed by atoms with Crippen molar-refractivity contribution in [2.24, 2.45) is 17.2 Å². The number of aliphatic hydroxyl groups excluding tert-OH is 1. The summed E-state index contributed by atoms with van der Waals surface area (Å²) in [7, 11) is 1.47. The number of likely N-dealkylation sites (N-methyl/N-ethyl adjacent to an activating group) is 1. The molecule has 1 heterocycles. The molecule has 4 aromatic rings. The zero-order valence-corrected chi connectivity index (χ0v) is 36.2. The van der Waals surface area contributed by atoms with Gasteiger partial charge in [0.15, 0.2) is 0 Å². The SMILES string of the molecule is CC1NC(=O)C(N(C)C(=O)C(CCCCN)NC(=O)c2ccc(-c3ccc(Cl)cc3)cc2)c2ccc(OCCN)c(c2)-c2cc(ccc2OCCN)CC(C(=O)NCC#N)NC1O. The van der Waals surface area contributed by atoms with Crippen molar-refractivity contribution in [3.8, 4) is 39.8 Å². The number of nitrogens with one attached hydrogen (secondary N) is 4. The van der Waals surface area contributed by atoms with Crippen molar-refractivity contribution in [3.63, 3.8) is 0 Å². The topological polar surface area (TPSA) is 260 Å². The van der Waals surface area contributed by atoms with Crippen LogP contribution in [0, 0.1) is 11.3 Å². The number of nitrogens with zero attached hydrogens (tertiary/aromatic N) is 2. The molecule has 17 heteroatoms. The Labute approximate surface area is 372 Å². The van der Waals surface area contributed by atoms with Crippen LogP contribution in [0.2, 0.25) is 5.02 Å². The summed E-state index contributed by atoms with van der Waals surface area (Å²) in [5, 5.41) is 32.4. The van der Waals surface area contributed by atoms with Crippen LogP contribution in [-0.2, 0) is 20.8 Å². The fourth-order valence-corrected chi connectivity index (χ4v) is 7.38. The summed E-state index contributed by atoms with van der Waals surface area (Å²) in [6.45, 7) is 2.40. The van der Waals surface area contributed by atoms with Crippen molar-refractivity contribution in [1.82, 2.24) is 26.2 Å². The second kappa shape index (κ2) is 23.4. The van der Waals surface area contributed by atoms with Crippen molar-refractivity contribution in [2.45, 2.75) is 63.0 Å². The van der Waals surface area contributed by atoms with E-state index in [0.29, 0.717) is 63.7 Å². The predicted octanol–water partition coefficient (Wildman–Crippen LogP) is 2.75. The average molecular weight is 882 g/mol. The molecule has 5 rings (SSSR count). The summed E-state index contributed by atoms with van der Waals surface area (Å²) in [4.78, 5) is 57.8. The number of hydrogen-bond donors (Lipinski definition) is 8. The minimum Gasteiger partial charge on any atom is -0.492 e. The molecule has 5 atom stereocenters. The Balaban J connectivity index is 1.58. The first-order chi connectivity index (χ1) is 30.4. The average Bonchev–Trinajstić information content (AvgIpc) is 3.28. The van der Waals surface area contributed by atoms with Crippen LogP contribution in [0.25, 0.3) is 22.3 Å². The molecule has 0 fully saturated rings. The van der Waals surface area contributed by atoms with Gasteiger partial charge in [-0.2, -0.15) is 5.26 Å². The molecule has 0 saturated heterocycles. The molecule has 4 bridgehead atoms. The predicted molar refractivity (Wildman–Crippen MR) is 240 cm³/mol. The van der Waals surface area contributed by atoms with Crippen LogP contribution >= 0.6 is 11.6 Å². The molecule has 0 aromatic heterocycles. The first-order valence-electron chi connectivity index (χ1n) is 20.8. The van der Waals surface area contributed by atoms with E-state index >= 15 is 0 Å². The van der Waals surface area contributed by atoms with E-state index < -0.39 is 54.0 Å². The zero-order valence-electron chi connectivity index (χ0n) is 35.4. The monoisotopic (exact) mass is 881 g/mol. The maximum Gasteiger partial charge on any atom is 0.251 e. The molecular formula is C46H56ClN9O7. The smallest absolute Gasteiger partial charge is 0.251 e. The number of nitrogens with two attached hydrogens (primary N) is 3. The number of unbranched alkanes of at least 4 members (excludes halogenated alkanes) is 1. The molecule has 4 amide bonds. The highest BCUT2D eigenvalue weighted by atomic mass is 35.5. The van der Waals surface area contributed by atoms with Crippen molar-refractivity contribution in [2.75, 3.05) is 46.4 Å². The second-order valence-electron chi connectivity index (χ2n) is 15.1. The number of benzene rings is 4. The summed E-state index contributed by atoms with van der Waals surface area (Å²) in [6.07, 6.45) is -0.0717. The van der Waals surface area contributed by atoms with E-state index in [4.69, 9.17) is 38.3 Å². The molecule has 11 N–H and O–H groups in total. The van der Waals surface area contributed by atoms with Crippen molar-refractivity contribution in [3.05, 3.63) is 107 Å². The van der Waals surface area contributed by atoms with Gasteiger partial charge >= 0.3 is 0 Å². The van der Waals surface area contributed by atoms with Crippen LogP contribution in [0.3, 0.4) is 0 Å². The number of aliphatic hydroxyl groups is 1. The third-order valence-corrected chi connectivity index (χ3v) is 10.8. The number of amides is 4. The van der Waals surface area contributed by atoms with Gasteiger partial charge in [-0.15, -0.1) is 0 Å². The number of nitriles is 1. The van der Waals surface area contributed by atoms with Gasteiger partial charge in [0.1, 0.15) is 49.6 Å². The zero-order chi connectivity index (χ0) is 45.5. The van der Waals surface area contributed by atoms with Gasteiger partial charge in [-0.25, -0.2) is 0 Å². The molecule has 0 spiro atoms. The fraction of sp³-hybridized carbons (Fsp3) is 0.370. The number of fused-ring (bicyclic) bond motifs is 5. The van der Waals surface area contributed by atoms with Crippen LogP contribution in [0.1, 0.15) is 53.7 Å². The van der Waals surface area contributed by atoms with Gasteiger partial charge in [-0.05, 0) is 110 Å². The van der Waals surface area contributed by atoms with Gasteiger partial charge in [-0.1, -0.05) is 48.0 Å². The van der Waals surface area contributed by atoms with E-state index in [0.717, 1.165) is 11.1 Å². The Morgan fingerprint density at radius 1 is 0.905 bits per heavy atom. The Morgan fingerprint density at radius 3 is 2.14 bits per heavy atom. The maximum absolute atomic E-state index is 14.7. The molecule has 334 valence electrons. The summed E-state index contributed by atoms with van der Waals surface area (Å²) in [6, 6.07) is 22.1. The minimum atomic E-state index is -1.46. The highest BCUT2D eigenvalue weighted by Gasteiger charge is 2.36. The molecule has 1 aliphatic heterocycles. The Bertz CT molecular complexity index is 2240. The van der Waals surface area contributed by atoms with Crippen LogP contribution in [-0.4, -0.2) is 104 Å². The molecule has 0 radical (unpaired) electrons. The molecule has 4 aromatic carbocycles. The molecule has 5 unspecified atom stereocenters. The molecule has 0 saturated carbocycles. The third kappa shape index (κ3) is 12.8. The van der Waals surface area contributed by atoms with Gasteiger partial charge in [0, 0.05) is 41.9 Å². The van der Waals surface area contributed by atoms with E-state index in [9.17, 15) is 29.5 Å². The van der Waals surface area contributed by atoms with Gasteiger partial charge in [-0.3, -0.25) is 24.5 Å². The van der Waals surface area contributed by atoms with Crippen LogP contribution in [0.15, 0.2) is 84.9 Å². The number of carbonyl (C=O) groups excluding carboxylic acids is 4. The lowest BCUT2D eigenvalue weighted by molar-refractivity contribution is -0.141. The van der Waals surface area contributed by atoms with E-state index in [1.54, 1.807) is 73.7 Å². The van der Waals surface area contributed by atoms with E-state index in [1.807, 2.05) is 24.3 Å². The molecule has 0 aliphatic carbocycles. The number of halogens is 1. The first-order valence-corrected chi connectivity index (χ1v) is 21.2. The van der Waals surface area contributed by atoms with Crippen molar-refractivity contribution < 1.29 is 33.8 Å². The summed E-state index contributed by atoms with van der Waals surface area (Å²) < 4.78 is 12.2. The lowest BCUT2D eigenvalue weighted by atomic mass is 9.93. The normalized spacial score (nSPS) is 17.8. The van der Waals surface area contributed by atoms with Gasteiger partial charge in [0.2, 0.25) is 17.7 Å². The number of rotatable bonds is 17. The Morgan fingerprint density at radius 2 is 1.52 bits per heavy atom. The van der Waals surface area contributed by atoms with Crippen LogP contribution in [0.4, 0.5) is 0 Å². The number of hydrogen-bond acceptors (Lipinski definition) is 12. The minimum absolute atomic E-state index is 0.0709. The quantitative estimate of drug-likeness (QED) is 0.0563. The summed E-state index contributed by atoms with van der Waals surface area (Å²) in [5.74, 6) is -1.44.